The summed E-state index contributed by atoms with van der Waals surface area (Å²) in [7, 11) is 0. The lowest BCUT2D eigenvalue weighted by atomic mass is 9.79. The van der Waals surface area contributed by atoms with Gasteiger partial charge in [-0.05, 0) is 25.7 Å². The van der Waals surface area contributed by atoms with Crippen LogP contribution in [0.3, 0.4) is 0 Å². The van der Waals surface area contributed by atoms with Crippen molar-refractivity contribution in [2.24, 2.45) is 0 Å². The van der Waals surface area contributed by atoms with E-state index in [0.717, 1.165) is 12.8 Å². The summed E-state index contributed by atoms with van der Waals surface area (Å²) in [5, 5.41) is 6.55. The molecule has 1 rings (SSSR count). The van der Waals surface area contributed by atoms with Crippen molar-refractivity contribution in [3.63, 3.8) is 0 Å². The summed E-state index contributed by atoms with van der Waals surface area (Å²) in [6, 6.07) is 0. The van der Waals surface area contributed by atoms with Gasteiger partial charge in [0.15, 0.2) is 0 Å². The molecule has 0 bridgehead atoms. The minimum Gasteiger partial charge on any atom is -0.353 e. The van der Waals surface area contributed by atoms with Gasteiger partial charge < -0.3 is 5.32 Å². The van der Waals surface area contributed by atoms with Crippen LogP contribution < -0.4 is 10.6 Å². The number of rotatable bonds is 8. The van der Waals surface area contributed by atoms with E-state index in [1.54, 1.807) is 12.2 Å². The molecule has 0 aliphatic carbocycles. The van der Waals surface area contributed by atoms with E-state index in [1.165, 1.54) is 0 Å². The van der Waals surface area contributed by atoms with E-state index in [2.05, 4.69) is 36.9 Å². The molecule has 1 saturated heterocycles. The molecule has 0 saturated carbocycles. The van der Waals surface area contributed by atoms with E-state index in [1.807, 2.05) is 12.2 Å². The normalized spacial score (nSPS) is 20.1. The number of nitrogens with one attached hydrogen (secondary N) is 2. The maximum atomic E-state index is 12.3. The maximum absolute atomic E-state index is 12.3. The molecule has 1 aliphatic rings. The summed E-state index contributed by atoms with van der Waals surface area (Å²) in [6.07, 6.45) is 9.98. The fourth-order valence-corrected chi connectivity index (χ4v) is 2.77. The Kier molecular flexibility index (Phi) is 5.31. The van der Waals surface area contributed by atoms with Crippen LogP contribution in [-0.4, -0.2) is 23.5 Å². The molecule has 0 radical (unpaired) electrons. The lowest BCUT2D eigenvalue weighted by molar-refractivity contribution is -0.131. The first-order chi connectivity index (χ1) is 9.08. The lowest BCUT2D eigenvalue weighted by Crippen LogP contribution is -2.72. The molecule has 3 heteroatoms. The zero-order chi connectivity index (χ0) is 14.4. The molecule has 2 N–H and O–H groups in total. The third-order valence-electron chi connectivity index (χ3n) is 3.58. The van der Waals surface area contributed by atoms with E-state index in [9.17, 15) is 4.79 Å². The first-order valence-corrected chi connectivity index (χ1v) is 6.59. The smallest absolute Gasteiger partial charge is 0.241 e. The zero-order valence-electron chi connectivity index (χ0n) is 11.6. The molecule has 104 valence electrons. The van der Waals surface area contributed by atoms with Crippen molar-refractivity contribution in [2.75, 3.05) is 6.54 Å². The third-order valence-corrected chi connectivity index (χ3v) is 3.58. The van der Waals surface area contributed by atoms with E-state index in [0.29, 0.717) is 19.4 Å². The van der Waals surface area contributed by atoms with Crippen LogP contribution in [-0.2, 0) is 4.79 Å². The largest absolute Gasteiger partial charge is 0.353 e. The SMILES string of the molecule is C=CCC1(CC=C)CNC(=O)C(CC=C)(CC=C)N1. The molecule has 0 aromatic heterocycles. The number of carbonyl (C=O) groups excluding carboxylic acids is 1. The Hall–Kier alpha value is -1.61. The van der Waals surface area contributed by atoms with E-state index in [-0.39, 0.29) is 11.4 Å². The summed E-state index contributed by atoms with van der Waals surface area (Å²) in [4.78, 5) is 12.3. The molecular formula is C16H24N2O. The lowest BCUT2D eigenvalue weighted by Gasteiger charge is -2.48. The highest BCUT2D eigenvalue weighted by molar-refractivity contribution is 5.88. The van der Waals surface area contributed by atoms with Gasteiger partial charge in [-0.25, -0.2) is 0 Å². The van der Waals surface area contributed by atoms with Gasteiger partial charge in [-0.2, -0.15) is 0 Å². The summed E-state index contributed by atoms with van der Waals surface area (Å²) in [5.74, 6) is 0.0102. The van der Waals surface area contributed by atoms with Crippen molar-refractivity contribution in [1.29, 1.82) is 0 Å². The van der Waals surface area contributed by atoms with Crippen LogP contribution >= 0.6 is 0 Å². The van der Waals surface area contributed by atoms with Crippen LogP contribution in [0.5, 0.6) is 0 Å². The van der Waals surface area contributed by atoms with Crippen LogP contribution in [0.25, 0.3) is 0 Å². The zero-order valence-corrected chi connectivity index (χ0v) is 11.6. The highest BCUT2D eigenvalue weighted by atomic mass is 16.2. The number of hydrogen-bond donors (Lipinski definition) is 2. The van der Waals surface area contributed by atoms with Gasteiger partial charge in [-0.3, -0.25) is 10.1 Å². The van der Waals surface area contributed by atoms with Gasteiger partial charge in [0.2, 0.25) is 5.91 Å². The van der Waals surface area contributed by atoms with Crippen LogP contribution in [0, 0.1) is 0 Å². The Morgan fingerprint density at radius 2 is 1.42 bits per heavy atom. The van der Waals surface area contributed by atoms with Crippen LogP contribution in [0.2, 0.25) is 0 Å². The van der Waals surface area contributed by atoms with Gasteiger partial charge in [-0.1, -0.05) is 24.3 Å². The van der Waals surface area contributed by atoms with Gasteiger partial charge in [0, 0.05) is 12.1 Å². The molecule has 19 heavy (non-hydrogen) atoms. The van der Waals surface area contributed by atoms with Crippen molar-refractivity contribution in [2.45, 2.75) is 36.8 Å². The molecule has 0 spiro atoms. The Balaban J connectivity index is 3.09. The van der Waals surface area contributed by atoms with Crippen molar-refractivity contribution in [3.8, 4) is 0 Å². The van der Waals surface area contributed by atoms with Gasteiger partial charge >= 0.3 is 0 Å². The first kappa shape index (κ1) is 15.4. The van der Waals surface area contributed by atoms with E-state index in [4.69, 9.17) is 0 Å². The Morgan fingerprint density at radius 1 is 0.947 bits per heavy atom. The molecule has 3 nitrogen and oxygen atoms in total. The van der Waals surface area contributed by atoms with Crippen molar-refractivity contribution in [3.05, 3.63) is 50.6 Å². The summed E-state index contributed by atoms with van der Waals surface area (Å²) >= 11 is 0. The van der Waals surface area contributed by atoms with Gasteiger partial charge in [0.1, 0.15) is 5.54 Å². The third kappa shape index (κ3) is 3.24. The van der Waals surface area contributed by atoms with Gasteiger partial charge in [0.25, 0.3) is 0 Å². The van der Waals surface area contributed by atoms with Crippen molar-refractivity contribution >= 4 is 5.91 Å². The summed E-state index contributed by atoms with van der Waals surface area (Å²) in [6.45, 7) is 15.7. The predicted molar refractivity (Wildman–Crippen MR) is 80.9 cm³/mol. The highest BCUT2D eigenvalue weighted by Gasteiger charge is 2.47. The highest BCUT2D eigenvalue weighted by Crippen LogP contribution is 2.29. The minimum absolute atomic E-state index is 0.0102. The second kappa shape index (κ2) is 6.53. The molecule has 0 aromatic rings. The maximum Gasteiger partial charge on any atom is 0.241 e. The molecular weight excluding hydrogens is 236 g/mol. The molecule has 0 aromatic carbocycles. The Morgan fingerprint density at radius 3 is 1.84 bits per heavy atom. The Bertz CT molecular complexity index is 364. The number of amides is 1. The van der Waals surface area contributed by atoms with E-state index >= 15 is 0 Å². The monoisotopic (exact) mass is 260 g/mol. The molecule has 0 unspecified atom stereocenters. The average Bonchev–Trinajstić information content (AvgIpc) is 2.36. The fourth-order valence-electron chi connectivity index (χ4n) is 2.77. The molecule has 1 amide bonds. The van der Waals surface area contributed by atoms with Gasteiger partial charge in [-0.15, -0.1) is 26.3 Å². The number of hydrogen-bond acceptors (Lipinski definition) is 2. The van der Waals surface area contributed by atoms with E-state index < -0.39 is 5.54 Å². The fraction of sp³-hybridized carbons (Fsp3) is 0.438. The molecule has 1 fully saturated rings. The van der Waals surface area contributed by atoms with Crippen molar-refractivity contribution < 1.29 is 4.79 Å². The summed E-state index contributed by atoms with van der Waals surface area (Å²) in [5.41, 5.74) is -0.878. The van der Waals surface area contributed by atoms with Crippen molar-refractivity contribution in [1.82, 2.24) is 10.6 Å². The molecule has 0 atom stereocenters. The van der Waals surface area contributed by atoms with Crippen LogP contribution in [0.15, 0.2) is 50.6 Å². The quantitative estimate of drug-likeness (QED) is 0.658. The minimum atomic E-state index is -0.659. The predicted octanol–water partition coefficient (Wildman–Crippen LogP) is 2.49. The summed E-state index contributed by atoms with van der Waals surface area (Å²) < 4.78 is 0. The number of piperazine rings is 1. The molecule has 1 aliphatic heterocycles. The molecule has 1 heterocycles. The number of carbonyl (C=O) groups is 1. The standard InChI is InChI=1S/C16H24N2O/c1-5-9-15(10-6-2)13-17-14(19)16(18-15,11-7-3)12-8-4/h5-8,18H,1-4,9-13H2,(H,17,19). The topological polar surface area (TPSA) is 41.1 Å². The van der Waals surface area contributed by atoms with Crippen LogP contribution in [0.4, 0.5) is 0 Å². The first-order valence-electron chi connectivity index (χ1n) is 6.59. The van der Waals surface area contributed by atoms with Gasteiger partial charge in [0.05, 0.1) is 0 Å². The second-order valence-corrected chi connectivity index (χ2v) is 5.14. The Labute approximate surface area is 116 Å². The average molecular weight is 260 g/mol. The van der Waals surface area contributed by atoms with Crippen LogP contribution in [0.1, 0.15) is 25.7 Å². The second-order valence-electron chi connectivity index (χ2n) is 5.14.